The highest BCUT2D eigenvalue weighted by Gasteiger charge is 2.01. The SMILES string of the molecule is CN(CCCNc1ccc2nnnn2n1)c1ccccc1. The van der Waals surface area contributed by atoms with Gasteiger partial charge in [0.25, 0.3) is 0 Å². The highest BCUT2D eigenvalue weighted by molar-refractivity contribution is 5.45. The Labute approximate surface area is 122 Å². The van der Waals surface area contributed by atoms with Crippen molar-refractivity contribution in [2.75, 3.05) is 30.4 Å². The minimum Gasteiger partial charge on any atom is -0.375 e. The predicted octanol–water partition coefficient (Wildman–Crippen LogP) is 1.46. The molecule has 0 radical (unpaired) electrons. The van der Waals surface area contributed by atoms with Gasteiger partial charge in [0, 0.05) is 25.8 Å². The van der Waals surface area contributed by atoms with Gasteiger partial charge in [0.1, 0.15) is 5.82 Å². The van der Waals surface area contributed by atoms with E-state index in [1.165, 1.54) is 10.3 Å². The van der Waals surface area contributed by atoms with Crippen LogP contribution in [0.2, 0.25) is 0 Å². The van der Waals surface area contributed by atoms with Crippen molar-refractivity contribution in [2.24, 2.45) is 0 Å². The monoisotopic (exact) mass is 283 g/mol. The van der Waals surface area contributed by atoms with E-state index in [1.807, 2.05) is 18.2 Å². The molecule has 0 atom stereocenters. The van der Waals surface area contributed by atoms with Crippen LogP contribution in [0.4, 0.5) is 11.5 Å². The van der Waals surface area contributed by atoms with Crippen LogP contribution in [-0.2, 0) is 0 Å². The van der Waals surface area contributed by atoms with E-state index in [1.54, 1.807) is 0 Å². The predicted molar refractivity (Wildman–Crippen MR) is 81.4 cm³/mol. The van der Waals surface area contributed by atoms with Gasteiger partial charge >= 0.3 is 0 Å². The molecule has 0 saturated carbocycles. The van der Waals surface area contributed by atoms with E-state index in [0.717, 1.165) is 25.3 Å². The maximum absolute atomic E-state index is 4.27. The van der Waals surface area contributed by atoms with Crippen molar-refractivity contribution in [3.05, 3.63) is 42.5 Å². The van der Waals surface area contributed by atoms with Gasteiger partial charge in [-0.1, -0.05) is 18.2 Å². The van der Waals surface area contributed by atoms with E-state index in [0.29, 0.717) is 5.65 Å². The molecule has 0 amide bonds. The number of anilines is 2. The third-order valence-electron chi connectivity index (χ3n) is 3.24. The minimum absolute atomic E-state index is 0.643. The lowest BCUT2D eigenvalue weighted by atomic mass is 10.3. The van der Waals surface area contributed by atoms with Crippen LogP contribution in [0.25, 0.3) is 5.65 Å². The molecule has 0 spiro atoms. The van der Waals surface area contributed by atoms with Crippen molar-refractivity contribution in [1.82, 2.24) is 25.3 Å². The van der Waals surface area contributed by atoms with Crippen molar-refractivity contribution in [1.29, 1.82) is 0 Å². The second kappa shape index (κ2) is 6.17. The average Bonchev–Trinajstić information content (AvgIpc) is 3.00. The number of nitrogens with zero attached hydrogens (tertiary/aromatic N) is 6. The summed E-state index contributed by atoms with van der Waals surface area (Å²) in [6.45, 7) is 1.82. The molecule has 1 N–H and O–H groups in total. The number of nitrogens with one attached hydrogen (secondary N) is 1. The molecule has 0 saturated heterocycles. The number of hydrogen-bond acceptors (Lipinski definition) is 6. The van der Waals surface area contributed by atoms with Crippen LogP contribution in [0.5, 0.6) is 0 Å². The van der Waals surface area contributed by atoms with Gasteiger partial charge in [-0.25, -0.2) is 0 Å². The van der Waals surface area contributed by atoms with Crippen LogP contribution >= 0.6 is 0 Å². The largest absolute Gasteiger partial charge is 0.375 e. The van der Waals surface area contributed by atoms with E-state index in [2.05, 4.69) is 62.2 Å². The summed E-state index contributed by atoms with van der Waals surface area (Å²) in [7, 11) is 2.10. The zero-order valence-corrected chi connectivity index (χ0v) is 11.8. The van der Waals surface area contributed by atoms with E-state index in [4.69, 9.17) is 0 Å². The van der Waals surface area contributed by atoms with Gasteiger partial charge < -0.3 is 10.2 Å². The average molecular weight is 283 g/mol. The fourth-order valence-corrected chi connectivity index (χ4v) is 2.09. The third-order valence-corrected chi connectivity index (χ3v) is 3.24. The van der Waals surface area contributed by atoms with Gasteiger partial charge in [-0.2, -0.15) is 0 Å². The Morgan fingerprint density at radius 1 is 1.14 bits per heavy atom. The molecule has 0 unspecified atom stereocenters. The summed E-state index contributed by atoms with van der Waals surface area (Å²) < 4.78 is 1.42. The van der Waals surface area contributed by atoms with Crippen LogP contribution in [0.1, 0.15) is 6.42 Å². The summed E-state index contributed by atoms with van der Waals surface area (Å²) in [5, 5.41) is 18.7. The van der Waals surface area contributed by atoms with Crippen LogP contribution in [0.15, 0.2) is 42.5 Å². The fraction of sp³-hybridized carbons (Fsp3) is 0.286. The molecule has 3 aromatic rings. The maximum atomic E-state index is 4.27. The summed E-state index contributed by atoms with van der Waals surface area (Å²) >= 11 is 0. The zero-order valence-electron chi connectivity index (χ0n) is 11.8. The second-order valence-corrected chi connectivity index (χ2v) is 4.78. The number of aromatic nitrogens is 5. The fourth-order valence-electron chi connectivity index (χ4n) is 2.09. The number of tetrazole rings is 1. The highest BCUT2D eigenvalue weighted by Crippen LogP contribution is 2.11. The molecule has 1 aromatic carbocycles. The number of benzene rings is 1. The van der Waals surface area contributed by atoms with Crippen molar-refractivity contribution >= 4 is 17.2 Å². The number of fused-ring (bicyclic) bond motifs is 1. The van der Waals surface area contributed by atoms with Crippen LogP contribution < -0.4 is 10.2 Å². The molecule has 0 aliphatic carbocycles. The molecular formula is C14H17N7. The molecule has 0 fully saturated rings. The Morgan fingerprint density at radius 3 is 2.86 bits per heavy atom. The Bertz CT molecular complexity index is 695. The molecule has 2 heterocycles. The van der Waals surface area contributed by atoms with Crippen LogP contribution in [0.3, 0.4) is 0 Å². The topological polar surface area (TPSA) is 71.2 Å². The normalized spacial score (nSPS) is 10.7. The first-order chi connectivity index (χ1) is 10.3. The first-order valence-corrected chi connectivity index (χ1v) is 6.88. The van der Waals surface area contributed by atoms with E-state index < -0.39 is 0 Å². The minimum atomic E-state index is 0.643. The molecule has 0 aliphatic heterocycles. The molecule has 2 aromatic heterocycles. The molecule has 7 nitrogen and oxygen atoms in total. The molecule has 0 bridgehead atoms. The lowest BCUT2D eigenvalue weighted by molar-refractivity contribution is 0.731. The Hall–Kier alpha value is -2.70. The van der Waals surface area contributed by atoms with E-state index in [-0.39, 0.29) is 0 Å². The Kier molecular flexibility index (Phi) is 3.90. The Balaban J connectivity index is 1.47. The standard InChI is InChI=1S/C14H17N7/c1-20(12-6-3-2-4-7-12)11-5-10-15-13-8-9-14-16-18-19-21(14)17-13/h2-4,6-9H,5,10-11H2,1H3,(H,15,17). The molecule has 3 rings (SSSR count). The van der Waals surface area contributed by atoms with E-state index in [9.17, 15) is 0 Å². The summed E-state index contributed by atoms with van der Waals surface area (Å²) in [6, 6.07) is 14.1. The highest BCUT2D eigenvalue weighted by atomic mass is 15.6. The molecular weight excluding hydrogens is 266 g/mol. The zero-order chi connectivity index (χ0) is 14.5. The molecule has 0 aliphatic rings. The molecule has 21 heavy (non-hydrogen) atoms. The van der Waals surface area contributed by atoms with Crippen LogP contribution in [0, 0.1) is 0 Å². The van der Waals surface area contributed by atoms with Crippen molar-refractivity contribution in [3.8, 4) is 0 Å². The van der Waals surface area contributed by atoms with Gasteiger partial charge in [0.05, 0.1) is 0 Å². The van der Waals surface area contributed by atoms with Gasteiger partial charge in [-0.05, 0) is 41.1 Å². The summed E-state index contributed by atoms with van der Waals surface area (Å²) in [6.07, 6.45) is 1.01. The molecule has 7 heteroatoms. The van der Waals surface area contributed by atoms with Gasteiger partial charge in [-0.3, -0.25) is 0 Å². The Morgan fingerprint density at radius 2 is 2.00 bits per heavy atom. The number of rotatable bonds is 6. The van der Waals surface area contributed by atoms with Crippen molar-refractivity contribution in [2.45, 2.75) is 6.42 Å². The smallest absolute Gasteiger partial charge is 0.200 e. The number of hydrogen-bond donors (Lipinski definition) is 1. The summed E-state index contributed by atoms with van der Waals surface area (Å²) in [4.78, 5) is 2.24. The van der Waals surface area contributed by atoms with Crippen molar-refractivity contribution < 1.29 is 0 Å². The van der Waals surface area contributed by atoms with Gasteiger partial charge in [-0.15, -0.1) is 14.8 Å². The number of para-hydroxylation sites is 1. The van der Waals surface area contributed by atoms with Crippen molar-refractivity contribution in [3.63, 3.8) is 0 Å². The van der Waals surface area contributed by atoms with Crippen LogP contribution in [-0.4, -0.2) is 45.4 Å². The maximum Gasteiger partial charge on any atom is 0.200 e. The quantitative estimate of drug-likeness (QED) is 0.691. The summed E-state index contributed by atoms with van der Waals surface area (Å²) in [5.74, 6) is 0.775. The van der Waals surface area contributed by atoms with Gasteiger partial charge in [0.2, 0.25) is 0 Å². The summed E-state index contributed by atoms with van der Waals surface area (Å²) in [5.41, 5.74) is 1.87. The van der Waals surface area contributed by atoms with E-state index >= 15 is 0 Å². The third kappa shape index (κ3) is 3.25. The first-order valence-electron chi connectivity index (χ1n) is 6.88. The lowest BCUT2D eigenvalue weighted by Crippen LogP contribution is -2.21. The lowest BCUT2D eigenvalue weighted by Gasteiger charge is -2.19. The molecule has 108 valence electrons. The second-order valence-electron chi connectivity index (χ2n) is 4.78. The van der Waals surface area contributed by atoms with Gasteiger partial charge in [0.15, 0.2) is 5.65 Å². The first kappa shape index (κ1) is 13.3.